The van der Waals surface area contributed by atoms with Crippen molar-refractivity contribution in [2.24, 2.45) is 0 Å². The molecule has 19 heavy (non-hydrogen) atoms. The number of benzene rings is 2. The van der Waals surface area contributed by atoms with Crippen molar-refractivity contribution in [3.8, 4) is 5.75 Å². The van der Waals surface area contributed by atoms with Crippen LogP contribution in [-0.2, 0) is 6.42 Å². The van der Waals surface area contributed by atoms with Crippen LogP contribution >= 0.6 is 0 Å². The molecular weight excluding hydrogens is 234 g/mol. The summed E-state index contributed by atoms with van der Waals surface area (Å²) in [6.45, 7) is 3.07. The van der Waals surface area contributed by atoms with Crippen LogP contribution in [-0.4, -0.2) is 13.7 Å². The minimum atomic E-state index is 0.281. The molecule has 2 rings (SSSR count). The molecule has 0 bridgehead atoms. The first-order valence-corrected chi connectivity index (χ1v) is 6.75. The van der Waals surface area contributed by atoms with Crippen molar-refractivity contribution in [2.45, 2.75) is 19.4 Å². The fourth-order valence-electron chi connectivity index (χ4n) is 2.34. The Morgan fingerprint density at radius 2 is 1.68 bits per heavy atom. The third-order valence-corrected chi connectivity index (χ3v) is 3.25. The van der Waals surface area contributed by atoms with Gasteiger partial charge in [-0.2, -0.15) is 0 Å². The van der Waals surface area contributed by atoms with Crippen LogP contribution in [0.2, 0.25) is 0 Å². The molecule has 0 aliphatic rings. The summed E-state index contributed by atoms with van der Waals surface area (Å²) in [5.41, 5.74) is 2.55. The Labute approximate surface area is 115 Å². The first-order valence-electron chi connectivity index (χ1n) is 6.75. The summed E-state index contributed by atoms with van der Waals surface area (Å²) in [6, 6.07) is 19.1. The Balaban J connectivity index is 2.24. The van der Waals surface area contributed by atoms with E-state index in [-0.39, 0.29) is 6.04 Å². The van der Waals surface area contributed by atoms with E-state index < -0.39 is 0 Å². The second-order valence-corrected chi connectivity index (χ2v) is 4.54. The Kier molecular flexibility index (Phi) is 4.99. The van der Waals surface area contributed by atoms with Gasteiger partial charge in [-0.3, -0.25) is 0 Å². The van der Waals surface area contributed by atoms with E-state index in [9.17, 15) is 0 Å². The number of para-hydroxylation sites is 1. The van der Waals surface area contributed by atoms with Crippen LogP contribution in [0, 0.1) is 0 Å². The first-order chi connectivity index (χ1) is 9.35. The molecule has 0 radical (unpaired) electrons. The van der Waals surface area contributed by atoms with Gasteiger partial charge < -0.3 is 10.1 Å². The summed E-state index contributed by atoms with van der Waals surface area (Å²) in [7, 11) is 1.73. The van der Waals surface area contributed by atoms with Gasteiger partial charge in [0.1, 0.15) is 5.75 Å². The van der Waals surface area contributed by atoms with Crippen molar-refractivity contribution in [1.82, 2.24) is 5.32 Å². The zero-order chi connectivity index (χ0) is 13.5. The standard InChI is InChI=1S/C17H21NO/c1-3-18-16(13-14-9-5-4-6-10-14)15-11-7-8-12-17(15)19-2/h4-12,16,18H,3,13H2,1-2H3. The quantitative estimate of drug-likeness (QED) is 0.851. The van der Waals surface area contributed by atoms with Gasteiger partial charge in [-0.05, 0) is 24.6 Å². The maximum absolute atomic E-state index is 5.47. The largest absolute Gasteiger partial charge is 0.496 e. The van der Waals surface area contributed by atoms with Gasteiger partial charge in [0.2, 0.25) is 0 Å². The second kappa shape index (κ2) is 6.95. The molecule has 1 N–H and O–H groups in total. The molecule has 1 atom stereocenters. The van der Waals surface area contributed by atoms with Crippen LogP contribution < -0.4 is 10.1 Å². The molecule has 0 heterocycles. The Hall–Kier alpha value is -1.80. The van der Waals surface area contributed by atoms with E-state index in [1.165, 1.54) is 11.1 Å². The molecule has 2 nitrogen and oxygen atoms in total. The zero-order valence-corrected chi connectivity index (χ0v) is 11.6. The summed E-state index contributed by atoms with van der Waals surface area (Å²) in [4.78, 5) is 0. The van der Waals surface area contributed by atoms with E-state index in [1.54, 1.807) is 7.11 Å². The minimum absolute atomic E-state index is 0.281. The molecule has 0 aliphatic heterocycles. The van der Waals surface area contributed by atoms with E-state index in [0.29, 0.717) is 0 Å². The van der Waals surface area contributed by atoms with Crippen LogP contribution in [0.15, 0.2) is 54.6 Å². The molecule has 0 spiro atoms. The van der Waals surface area contributed by atoms with Gasteiger partial charge >= 0.3 is 0 Å². The van der Waals surface area contributed by atoms with Crippen molar-refractivity contribution < 1.29 is 4.74 Å². The van der Waals surface area contributed by atoms with Crippen LogP contribution in [0.5, 0.6) is 5.75 Å². The smallest absolute Gasteiger partial charge is 0.123 e. The fourth-order valence-corrected chi connectivity index (χ4v) is 2.34. The normalized spacial score (nSPS) is 12.1. The summed E-state index contributed by atoms with van der Waals surface area (Å²) < 4.78 is 5.47. The van der Waals surface area contributed by atoms with Gasteiger partial charge in [-0.1, -0.05) is 55.5 Å². The maximum Gasteiger partial charge on any atom is 0.123 e. The number of ether oxygens (including phenoxy) is 1. The highest BCUT2D eigenvalue weighted by Gasteiger charge is 2.15. The highest BCUT2D eigenvalue weighted by atomic mass is 16.5. The predicted molar refractivity (Wildman–Crippen MR) is 79.6 cm³/mol. The van der Waals surface area contributed by atoms with Crippen LogP contribution in [0.25, 0.3) is 0 Å². The monoisotopic (exact) mass is 255 g/mol. The summed E-state index contributed by atoms with van der Waals surface area (Å²) in [6.07, 6.45) is 0.967. The molecule has 2 aromatic rings. The zero-order valence-electron chi connectivity index (χ0n) is 11.6. The van der Waals surface area contributed by atoms with E-state index in [1.807, 2.05) is 12.1 Å². The molecular formula is C17H21NO. The molecule has 0 amide bonds. The predicted octanol–water partition coefficient (Wildman–Crippen LogP) is 3.59. The van der Waals surface area contributed by atoms with Crippen molar-refractivity contribution in [3.63, 3.8) is 0 Å². The highest BCUT2D eigenvalue weighted by molar-refractivity contribution is 5.37. The molecule has 2 aromatic carbocycles. The van der Waals surface area contributed by atoms with E-state index in [0.717, 1.165) is 18.7 Å². The van der Waals surface area contributed by atoms with Crippen molar-refractivity contribution in [2.75, 3.05) is 13.7 Å². The number of hydrogen-bond acceptors (Lipinski definition) is 2. The highest BCUT2D eigenvalue weighted by Crippen LogP contribution is 2.27. The first kappa shape index (κ1) is 13.6. The molecule has 0 saturated carbocycles. The number of nitrogens with one attached hydrogen (secondary N) is 1. The third-order valence-electron chi connectivity index (χ3n) is 3.25. The molecule has 0 saturated heterocycles. The number of methoxy groups -OCH3 is 1. The van der Waals surface area contributed by atoms with Gasteiger partial charge in [0, 0.05) is 11.6 Å². The fraction of sp³-hybridized carbons (Fsp3) is 0.294. The van der Waals surface area contributed by atoms with Gasteiger partial charge in [0.05, 0.1) is 7.11 Å². The van der Waals surface area contributed by atoms with Gasteiger partial charge in [-0.15, -0.1) is 0 Å². The van der Waals surface area contributed by atoms with Crippen molar-refractivity contribution in [3.05, 3.63) is 65.7 Å². The molecule has 2 heteroatoms. The average Bonchev–Trinajstić information content (AvgIpc) is 2.48. The number of likely N-dealkylation sites (N-methyl/N-ethyl adjacent to an activating group) is 1. The maximum atomic E-state index is 5.47. The van der Waals surface area contributed by atoms with E-state index in [2.05, 4.69) is 54.7 Å². The summed E-state index contributed by atoms with van der Waals surface area (Å²) >= 11 is 0. The summed E-state index contributed by atoms with van der Waals surface area (Å²) in [5, 5.41) is 3.54. The van der Waals surface area contributed by atoms with E-state index in [4.69, 9.17) is 4.74 Å². The van der Waals surface area contributed by atoms with Gasteiger partial charge in [0.25, 0.3) is 0 Å². The average molecular weight is 255 g/mol. The summed E-state index contributed by atoms with van der Waals surface area (Å²) in [5.74, 6) is 0.949. The minimum Gasteiger partial charge on any atom is -0.496 e. The van der Waals surface area contributed by atoms with Crippen LogP contribution in [0.4, 0.5) is 0 Å². The Morgan fingerprint density at radius 1 is 1.00 bits per heavy atom. The molecule has 0 aliphatic carbocycles. The van der Waals surface area contributed by atoms with Crippen LogP contribution in [0.1, 0.15) is 24.1 Å². The molecule has 0 aromatic heterocycles. The molecule has 1 unspecified atom stereocenters. The van der Waals surface area contributed by atoms with Crippen molar-refractivity contribution >= 4 is 0 Å². The number of rotatable bonds is 6. The van der Waals surface area contributed by atoms with Gasteiger partial charge in [0.15, 0.2) is 0 Å². The lowest BCUT2D eigenvalue weighted by molar-refractivity contribution is 0.399. The number of hydrogen-bond donors (Lipinski definition) is 1. The topological polar surface area (TPSA) is 21.3 Å². The lowest BCUT2D eigenvalue weighted by Gasteiger charge is -2.20. The molecule has 100 valence electrons. The van der Waals surface area contributed by atoms with Crippen LogP contribution in [0.3, 0.4) is 0 Å². The molecule has 0 fully saturated rings. The lowest BCUT2D eigenvalue weighted by atomic mass is 9.98. The third kappa shape index (κ3) is 3.58. The Bertz CT molecular complexity index is 496. The van der Waals surface area contributed by atoms with Gasteiger partial charge in [-0.25, -0.2) is 0 Å². The van der Waals surface area contributed by atoms with E-state index >= 15 is 0 Å². The SMILES string of the molecule is CCNC(Cc1ccccc1)c1ccccc1OC. The Morgan fingerprint density at radius 3 is 2.37 bits per heavy atom. The lowest BCUT2D eigenvalue weighted by Crippen LogP contribution is -2.23. The second-order valence-electron chi connectivity index (χ2n) is 4.54. The van der Waals surface area contributed by atoms with Crippen molar-refractivity contribution in [1.29, 1.82) is 0 Å².